The van der Waals surface area contributed by atoms with Gasteiger partial charge in [-0.2, -0.15) is 13.2 Å². The predicted molar refractivity (Wildman–Crippen MR) is 123 cm³/mol. The number of nitrogens with one attached hydrogen (secondary N) is 1. The second kappa shape index (κ2) is 9.21. The third-order valence-corrected chi connectivity index (χ3v) is 7.15. The van der Waals surface area contributed by atoms with Crippen LogP contribution in [0, 0.1) is 6.92 Å². The van der Waals surface area contributed by atoms with Crippen molar-refractivity contribution in [2.24, 2.45) is 0 Å². The van der Waals surface area contributed by atoms with Crippen molar-refractivity contribution in [3.8, 4) is 0 Å². The van der Waals surface area contributed by atoms with Crippen LogP contribution in [0.25, 0.3) is 10.2 Å². The van der Waals surface area contributed by atoms with Crippen LogP contribution >= 0.6 is 11.3 Å². The summed E-state index contributed by atoms with van der Waals surface area (Å²) in [5.74, 6) is -0.796. The molecule has 1 atom stereocenters. The summed E-state index contributed by atoms with van der Waals surface area (Å²) in [6.45, 7) is 3.94. The largest absolute Gasteiger partial charge is 0.416 e. The number of thiophene rings is 1. The van der Waals surface area contributed by atoms with Gasteiger partial charge in [0.05, 0.1) is 22.2 Å². The molecule has 0 radical (unpaired) electrons. The Hall–Kier alpha value is -3.21. The molecule has 34 heavy (non-hydrogen) atoms. The molecular weight excluding hydrogens is 469 g/mol. The molecule has 2 amide bonds. The molecule has 0 spiro atoms. The van der Waals surface area contributed by atoms with Crippen LogP contribution in [0.4, 0.5) is 18.9 Å². The van der Waals surface area contributed by atoms with Crippen LogP contribution < -0.4 is 10.9 Å². The molecule has 180 valence electrons. The van der Waals surface area contributed by atoms with Crippen LogP contribution in [0.3, 0.4) is 0 Å². The number of piperidine rings is 1. The molecular formula is C23H23F3N4O3S. The maximum Gasteiger partial charge on any atom is 0.416 e. The minimum absolute atomic E-state index is 0.0304. The molecule has 0 unspecified atom stereocenters. The summed E-state index contributed by atoms with van der Waals surface area (Å²) in [5, 5.41) is 2.65. The summed E-state index contributed by atoms with van der Waals surface area (Å²) in [4.78, 5) is 45.6. The number of amides is 2. The van der Waals surface area contributed by atoms with Crippen LogP contribution in [0.1, 0.15) is 47.0 Å². The average molecular weight is 493 g/mol. The number of hydrogen-bond acceptors (Lipinski definition) is 5. The van der Waals surface area contributed by atoms with Crippen molar-refractivity contribution in [1.29, 1.82) is 0 Å². The smallest absolute Gasteiger partial charge is 0.335 e. The zero-order valence-electron chi connectivity index (χ0n) is 18.6. The maximum atomic E-state index is 13.1. The van der Waals surface area contributed by atoms with E-state index in [1.165, 1.54) is 18.5 Å². The van der Waals surface area contributed by atoms with E-state index in [1.54, 1.807) is 6.92 Å². The van der Waals surface area contributed by atoms with Crippen molar-refractivity contribution in [3.63, 3.8) is 0 Å². The number of benzene rings is 1. The molecule has 0 aliphatic carbocycles. The van der Waals surface area contributed by atoms with Gasteiger partial charge in [0.25, 0.3) is 11.5 Å². The first-order chi connectivity index (χ1) is 16.1. The number of aryl methyl sites for hydroxylation is 1. The van der Waals surface area contributed by atoms with Gasteiger partial charge >= 0.3 is 6.18 Å². The van der Waals surface area contributed by atoms with Crippen LogP contribution in [-0.2, 0) is 17.5 Å². The lowest BCUT2D eigenvalue weighted by Gasteiger charge is -2.33. The van der Waals surface area contributed by atoms with Crippen LogP contribution in [0.15, 0.2) is 35.4 Å². The number of hydrogen-bond donors (Lipinski definition) is 1. The van der Waals surface area contributed by atoms with Gasteiger partial charge in [0.15, 0.2) is 0 Å². The molecule has 1 aromatic carbocycles. The van der Waals surface area contributed by atoms with E-state index in [-0.39, 0.29) is 23.0 Å². The number of carbonyl (C=O) groups excluding carboxylic acids is 2. The molecule has 1 N–H and O–H groups in total. The first-order valence-corrected chi connectivity index (χ1v) is 11.6. The fraction of sp³-hybridized carbons (Fsp3) is 0.391. The third-order valence-electron chi connectivity index (χ3n) is 5.96. The van der Waals surface area contributed by atoms with Gasteiger partial charge in [0, 0.05) is 18.3 Å². The standard InChI is InChI=1S/C23H23F3N4O3S/c1-13-6-3-4-9-30(13)22(33)19-14(2)18-20(34-19)27-12-29(21(18)32)11-17(31)28-16-8-5-7-15(10-16)23(24,25)26/h5,7-8,10,12-13H,3-4,6,9,11H2,1-2H3,(H,28,31)/t13-/m0/s1. The number of halogens is 3. The van der Waals surface area contributed by atoms with Gasteiger partial charge in [-0.05, 0) is 56.9 Å². The van der Waals surface area contributed by atoms with Crippen molar-refractivity contribution in [1.82, 2.24) is 14.5 Å². The lowest BCUT2D eigenvalue weighted by atomic mass is 10.0. The molecule has 1 saturated heterocycles. The number of carbonyl (C=O) groups is 2. The van der Waals surface area contributed by atoms with Crippen molar-refractivity contribution in [3.05, 3.63) is 57.0 Å². The van der Waals surface area contributed by atoms with Gasteiger partial charge in [-0.15, -0.1) is 11.3 Å². The number of nitrogens with zero attached hydrogens (tertiary/aromatic N) is 3. The van der Waals surface area contributed by atoms with E-state index in [1.807, 2.05) is 11.8 Å². The maximum absolute atomic E-state index is 13.1. The number of rotatable bonds is 4. The molecule has 7 nitrogen and oxygen atoms in total. The topological polar surface area (TPSA) is 84.3 Å². The van der Waals surface area contributed by atoms with Crippen LogP contribution in [-0.4, -0.2) is 38.9 Å². The minimum atomic E-state index is -4.54. The first kappa shape index (κ1) is 23.9. The lowest BCUT2D eigenvalue weighted by Crippen LogP contribution is -2.41. The van der Waals surface area contributed by atoms with E-state index in [0.29, 0.717) is 21.8 Å². The van der Waals surface area contributed by atoms with Gasteiger partial charge in [-0.1, -0.05) is 6.07 Å². The molecule has 1 aliphatic rings. The molecule has 3 heterocycles. The summed E-state index contributed by atoms with van der Waals surface area (Å²) in [7, 11) is 0. The van der Waals surface area contributed by atoms with Gasteiger partial charge in [0.2, 0.25) is 5.91 Å². The zero-order chi connectivity index (χ0) is 24.6. The quantitative estimate of drug-likeness (QED) is 0.584. The van der Waals surface area contributed by atoms with Crippen molar-refractivity contribution >= 4 is 39.1 Å². The highest BCUT2D eigenvalue weighted by Crippen LogP contribution is 2.31. The minimum Gasteiger partial charge on any atom is -0.335 e. The molecule has 0 bridgehead atoms. The Labute approximate surface area is 197 Å². The van der Waals surface area contributed by atoms with E-state index >= 15 is 0 Å². The SMILES string of the molecule is Cc1c(C(=O)N2CCCC[C@@H]2C)sc2ncn(CC(=O)Nc3cccc(C(F)(F)F)c3)c(=O)c12. The highest BCUT2D eigenvalue weighted by Gasteiger charge is 2.31. The monoisotopic (exact) mass is 492 g/mol. The van der Waals surface area contributed by atoms with Gasteiger partial charge in [0.1, 0.15) is 11.4 Å². The number of alkyl halides is 3. The van der Waals surface area contributed by atoms with Gasteiger partial charge < -0.3 is 10.2 Å². The van der Waals surface area contributed by atoms with E-state index in [0.717, 1.165) is 47.3 Å². The Balaban J connectivity index is 1.57. The molecule has 4 rings (SSSR count). The van der Waals surface area contributed by atoms with Crippen LogP contribution in [0.5, 0.6) is 0 Å². The van der Waals surface area contributed by atoms with E-state index in [9.17, 15) is 27.6 Å². The third kappa shape index (κ3) is 4.70. The second-order valence-corrected chi connectivity index (χ2v) is 9.38. The number of likely N-dealkylation sites (tertiary alicyclic amines) is 1. The van der Waals surface area contributed by atoms with Gasteiger partial charge in [-0.25, -0.2) is 4.98 Å². The number of anilines is 1. The van der Waals surface area contributed by atoms with E-state index in [4.69, 9.17) is 0 Å². The molecule has 1 aliphatic heterocycles. The van der Waals surface area contributed by atoms with Gasteiger partial charge in [-0.3, -0.25) is 19.0 Å². The highest BCUT2D eigenvalue weighted by molar-refractivity contribution is 7.20. The van der Waals surface area contributed by atoms with Crippen molar-refractivity contribution < 1.29 is 22.8 Å². The summed E-state index contributed by atoms with van der Waals surface area (Å²) in [5.41, 5.74) is -0.881. The predicted octanol–water partition coefficient (Wildman–Crippen LogP) is 4.44. The molecule has 11 heteroatoms. The summed E-state index contributed by atoms with van der Waals surface area (Å²) in [6.07, 6.45) is -0.382. The van der Waals surface area contributed by atoms with Crippen molar-refractivity contribution in [2.75, 3.05) is 11.9 Å². The molecule has 1 fully saturated rings. The highest BCUT2D eigenvalue weighted by atomic mass is 32.1. The Bertz CT molecular complexity index is 1320. The van der Waals surface area contributed by atoms with Crippen molar-refractivity contribution in [2.45, 2.75) is 51.9 Å². The van der Waals surface area contributed by atoms with Crippen LogP contribution in [0.2, 0.25) is 0 Å². The Kier molecular flexibility index (Phi) is 6.48. The summed E-state index contributed by atoms with van der Waals surface area (Å²) in [6, 6.07) is 4.37. The Morgan fingerprint density at radius 2 is 2.03 bits per heavy atom. The van der Waals surface area contributed by atoms with E-state index in [2.05, 4.69) is 10.3 Å². The lowest BCUT2D eigenvalue weighted by molar-refractivity contribution is -0.137. The average Bonchev–Trinajstić information content (AvgIpc) is 3.12. The Morgan fingerprint density at radius 1 is 1.26 bits per heavy atom. The van der Waals surface area contributed by atoms with E-state index < -0.39 is 29.8 Å². The normalized spacial score (nSPS) is 16.6. The summed E-state index contributed by atoms with van der Waals surface area (Å²) < 4.78 is 39.8. The molecule has 3 aromatic rings. The Morgan fingerprint density at radius 3 is 2.74 bits per heavy atom. The molecule has 2 aromatic heterocycles. The second-order valence-electron chi connectivity index (χ2n) is 8.38. The zero-order valence-corrected chi connectivity index (χ0v) is 19.4. The molecule has 0 saturated carbocycles. The summed E-state index contributed by atoms with van der Waals surface area (Å²) >= 11 is 1.15. The number of aromatic nitrogens is 2. The fourth-order valence-electron chi connectivity index (χ4n) is 4.13. The first-order valence-electron chi connectivity index (χ1n) is 10.8. The number of fused-ring (bicyclic) bond motifs is 1. The fourth-order valence-corrected chi connectivity index (χ4v) is 5.23.